The molecule has 0 bridgehead atoms. The van der Waals surface area contributed by atoms with Gasteiger partial charge in [-0.05, 0) is 40.1 Å². The van der Waals surface area contributed by atoms with Crippen molar-refractivity contribution in [1.29, 1.82) is 0 Å². The summed E-state index contributed by atoms with van der Waals surface area (Å²) in [4.78, 5) is 17.0. The molecule has 0 radical (unpaired) electrons. The zero-order valence-electron chi connectivity index (χ0n) is 13.2. The molecule has 2 aromatic heterocycles. The van der Waals surface area contributed by atoms with Crippen LogP contribution in [-0.4, -0.2) is 50.9 Å². The van der Waals surface area contributed by atoms with Gasteiger partial charge in [0.05, 0.1) is 0 Å². The molecule has 0 amide bonds. The van der Waals surface area contributed by atoms with E-state index in [0.717, 1.165) is 31.2 Å². The molecule has 4 rings (SSSR count). The van der Waals surface area contributed by atoms with Gasteiger partial charge in [0.25, 0.3) is 0 Å². The number of aromatic nitrogens is 4. The van der Waals surface area contributed by atoms with Crippen molar-refractivity contribution in [3.63, 3.8) is 0 Å². The molecule has 3 heterocycles. The zero-order valence-corrected chi connectivity index (χ0v) is 14.0. The van der Waals surface area contributed by atoms with Gasteiger partial charge in [-0.25, -0.2) is 4.79 Å². The van der Waals surface area contributed by atoms with Gasteiger partial charge in [-0.1, -0.05) is 18.2 Å². The van der Waals surface area contributed by atoms with E-state index in [4.69, 9.17) is 0 Å². The first-order valence-electron chi connectivity index (χ1n) is 7.90. The van der Waals surface area contributed by atoms with Crippen LogP contribution in [0.5, 0.6) is 0 Å². The number of piperazine rings is 1. The van der Waals surface area contributed by atoms with Crippen molar-refractivity contribution in [3.05, 3.63) is 58.3 Å². The molecule has 0 spiro atoms. The number of anilines is 1. The number of para-hydroxylation sites is 1. The first-order valence-corrected chi connectivity index (χ1v) is 8.78. The molecular formula is C16H18N6OS. The van der Waals surface area contributed by atoms with E-state index in [1.807, 2.05) is 23.6 Å². The summed E-state index contributed by atoms with van der Waals surface area (Å²) < 4.78 is 2.78. The van der Waals surface area contributed by atoms with Crippen LogP contribution in [0.3, 0.4) is 0 Å². The smallest absolute Gasteiger partial charge is 0.369 e. The highest BCUT2D eigenvalue weighted by molar-refractivity contribution is 7.12. The number of benzene rings is 1. The number of thiophene rings is 1. The van der Waals surface area contributed by atoms with Crippen LogP contribution in [0.25, 0.3) is 5.00 Å². The molecule has 1 aromatic carbocycles. The topological polar surface area (TPSA) is 59.2 Å². The van der Waals surface area contributed by atoms with Crippen LogP contribution < -0.4 is 10.6 Å². The normalized spacial score (nSPS) is 15.8. The second kappa shape index (κ2) is 6.58. The van der Waals surface area contributed by atoms with Gasteiger partial charge in [-0.15, -0.1) is 11.3 Å². The lowest BCUT2D eigenvalue weighted by atomic mass is 10.2. The van der Waals surface area contributed by atoms with E-state index in [0.29, 0.717) is 6.67 Å². The van der Waals surface area contributed by atoms with Crippen LogP contribution in [-0.2, 0) is 6.67 Å². The summed E-state index contributed by atoms with van der Waals surface area (Å²) in [6.07, 6.45) is 0. The van der Waals surface area contributed by atoms with Gasteiger partial charge < -0.3 is 4.90 Å². The maximum Gasteiger partial charge on any atom is 0.370 e. The minimum Gasteiger partial charge on any atom is -0.369 e. The third kappa shape index (κ3) is 2.98. The summed E-state index contributed by atoms with van der Waals surface area (Å²) in [6.45, 7) is 4.16. The van der Waals surface area contributed by atoms with E-state index in [-0.39, 0.29) is 5.69 Å². The number of nitrogens with zero attached hydrogens (tertiary/aromatic N) is 6. The van der Waals surface area contributed by atoms with E-state index in [2.05, 4.69) is 44.5 Å². The fourth-order valence-corrected chi connectivity index (χ4v) is 3.54. The lowest BCUT2D eigenvalue weighted by molar-refractivity contribution is 0.191. The molecule has 1 fully saturated rings. The van der Waals surface area contributed by atoms with Crippen LogP contribution in [0, 0.1) is 0 Å². The van der Waals surface area contributed by atoms with Crippen molar-refractivity contribution in [2.24, 2.45) is 0 Å². The van der Waals surface area contributed by atoms with Crippen molar-refractivity contribution in [3.8, 4) is 5.00 Å². The van der Waals surface area contributed by atoms with Crippen LogP contribution in [0.1, 0.15) is 0 Å². The summed E-state index contributed by atoms with van der Waals surface area (Å²) >= 11 is 1.47. The second-order valence-corrected chi connectivity index (χ2v) is 6.63. The summed E-state index contributed by atoms with van der Waals surface area (Å²) in [5.41, 5.74) is 1.06. The second-order valence-electron chi connectivity index (χ2n) is 5.71. The fourth-order valence-electron chi connectivity index (χ4n) is 2.87. The first kappa shape index (κ1) is 15.1. The largest absolute Gasteiger partial charge is 0.370 e. The summed E-state index contributed by atoms with van der Waals surface area (Å²) in [5.74, 6) is 0. The highest BCUT2D eigenvalue weighted by Crippen LogP contribution is 2.15. The highest BCUT2D eigenvalue weighted by atomic mass is 32.1. The van der Waals surface area contributed by atoms with Crippen LogP contribution in [0.15, 0.2) is 52.6 Å². The van der Waals surface area contributed by atoms with Crippen molar-refractivity contribution in [2.75, 3.05) is 31.1 Å². The lowest BCUT2D eigenvalue weighted by Crippen LogP contribution is -2.48. The summed E-state index contributed by atoms with van der Waals surface area (Å²) in [7, 11) is 0. The fraction of sp³-hybridized carbons (Fsp3) is 0.312. The van der Waals surface area contributed by atoms with Crippen LogP contribution >= 0.6 is 11.3 Å². The molecule has 1 saturated heterocycles. The Hall–Kier alpha value is -2.45. The maximum absolute atomic E-state index is 12.4. The molecule has 0 aliphatic carbocycles. The Morgan fingerprint density at radius 1 is 0.958 bits per heavy atom. The Kier molecular flexibility index (Phi) is 4.14. The van der Waals surface area contributed by atoms with Crippen LogP contribution in [0.4, 0.5) is 5.69 Å². The van der Waals surface area contributed by atoms with Gasteiger partial charge in [0.15, 0.2) is 0 Å². The average molecular weight is 342 g/mol. The van der Waals surface area contributed by atoms with E-state index in [9.17, 15) is 4.79 Å². The molecule has 0 unspecified atom stereocenters. The van der Waals surface area contributed by atoms with Gasteiger partial charge in [0.2, 0.25) is 0 Å². The minimum atomic E-state index is -0.192. The number of hydrogen-bond acceptors (Lipinski definition) is 6. The van der Waals surface area contributed by atoms with E-state index in [1.54, 1.807) is 0 Å². The standard InChI is InChI=1S/C16H18N6OS/c23-16-21(17-18-22(16)15-7-4-12-24-15)13-19-8-10-20(11-9-19)14-5-2-1-3-6-14/h1-7,12H,8-11,13H2. The van der Waals surface area contributed by atoms with Gasteiger partial charge in [-0.3, -0.25) is 4.90 Å². The van der Waals surface area contributed by atoms with Crippen molar-refractivity contribution in [1.82, 2.24) is 24.7 Å². The SMILES string of the molecule is O=c1n(CN2CCN(c3ccccc3)CC2)nnn1-c1cccs1. The molecule has 0 N–H and O–H groups in total. The van der Waals surface area contributed by atoms with Crippen molar-refractivity contribution < 1.29 is 0 Å². The quantitative estimate of drug-likeness (QED) is 0.715. The molecule has 8 heteroatoms. The average Bonchev–Trinajstić information content (AvgIpc) is 3.27. The third-order valence-corrected chi connectivity index (χ3v) is 5.03. The Morgan fingerprint density at radius 3 is 2.46 bits per heavy atom. The van der Waals surface area contributed by atoms with Crippen molar-refractivity contribution in [2.45, 2.75) is 6.67 Å². The highest BCUT2D eigenvalue weighted by Gasteiger charge is 2.19. The molecule has 3 aromatic rings. The summed E-state index contributed by atoms with van der Waals surface area (Å²) in [6, 6.07) is 14.2. The lowest BCUT2D eigenvalue weighted by Gasteiger charge is -2.35. The predicted molar refractivity (Wildman–Crippen MR) is 93.7 cm³/mol. The van der Waals surface area contributed by atoms with Gasteiger partial charge in [-0.2, -0.15) is 9.36 Å². The maximum atomic E-state index is 12.4. The van der Waals surface area contributed by atoms with Crippen molar-refractivity contribution >= 4 is 17.0 Å². The molecule has 1 aliphatic rings. The van der Waals surface area contributed by atoms with E-state index in [1.165, 1.54) is 26.4 Å². The monoisotopic (exact) mass is 342 g/mol. The van der Waals surface area contributed by atoms with Gasteiger partial charge in [0, 0.05) is 31.9 Å². The molecular weight excluding hydrogens is 324 g/mol. The Balaban J connectivity index is 1.40. The molecule has 1 aliphatic heterocycles. The summed E-state index contributed by atoms with van der Waals surface area (Å²) in [5, 5.41) is 10.7. The Labute approximate surface area is 143 Å². The molecule has 124 valence electrons. The number of hydrogen-bond donors (Lipinski definition) is 0. The number of tetrazole rings is 1. The molecule has 24 heavy (non-hydrogen) atoms. The van der Waals surface area contributed by atoms with Gasteiger partial charge in [0.1, 0.15) is 11.7 Å². The molecule has 0 saturated carbocycles. The van der Waals surface area contributed by atoms with E-state index >= 15 is 0 Å². The predicted octanol–water partition coefficient (Wildman–Crippen LogP) is 1.27. The Bertz CT molecular complexity index is 833. The number of rotatable bonds is 4. The van der Waals surface area contributed by atoms with E-state index < -0.39 is 0 Å². The zero-order chi connectivity index (χ0) is 16.4. The Morgan fingerprint density at radius 2 is 1.75 bits per heavy atom. The minimum absolute atomic E-state index is 0.192. The first-order chi connectivity index (χ1) is 11.8. The van der Waals surface area contributed by atoms with Gasteiger partial charge >= 0.3 is 5.69 Å². The molecule has 7 nitrogen and oxygen atoms in total. The van der Waals surface area contributed by atoms with Crippen LogP contribution in [0.2, 0.25) is 0 Å². The molecule has 0 atom stereocenters. The third-order valence-electron chi connectivity index (χ3n) is 4.18.